The second-order valence-corrected chi connectivity index (χ2v) is 3.35. The van der Waals surface area contributed by atoms with Crippen molar-refractivity contribution in [2.24, 2.45) is 7.05 Å². The summed E-state index contributed by atoms with van der Waals surface area (Å²) in [7, 11) is 1.89. The first-order valence-corrected chi connectivity index (χ1v) is 4.48. The first-order chi connectivity index (χ1) is 6.58. The van der Waals surface area contributed by atoms with E-state index in [4.69, 9.17) is 5.41 Å². The quantitative estimate of drug-likeness (QED) is 0.575. The van der Waals surface area contributed by atoms with E-state index in [1.807, 2.05) is 38.4 Å². The number of hydrogen-bond donors (Lipinski definition) is 1. The Hall–Kier alpha value is -1.64. The highest BCUT2D eigenvalue weighted by atomic mass is 15.2. The lowest BCUT2D eigenvalue weighted by molar-refractivity contribution is 0.767. The summed E-state index contributed by atoms with van der Waals surface area (Å²) >= 11 is 0. The topological polar surface area (TPSA) is 41.7 Å². The van der Waals surface area contributed by atoms with Gasteiger partial charge in [0.05, 0.1) is 6.20 Å². The average molecular weight is 189 g/mol. The van der Waals surface area contributed by atoms with E-state index in [1.54, 1.807) is 17.8 Å². The number of aromatic nitrogens is 2. The Labute approximate surface area is 84.3 Å². The summed E-state index contributed by atoms with van der Waals surface area (Å²) in [4.78, 5) is 0. The van der Waals surface area contributed by atoms with Crippen molar-refractivity contribution >= 4 is 11.8 Å². The number of rotatable bonds is 3. The molecular weight excluding hydrogens is 174 g/mol. The summed E-state index contributed by atoms with van der Waals surface area (Å²) in [5, 5.41) is 11.3. The van der Waals surface area contributed by atoms with Crippen LogP contribution in [0, 0.1) is 5.41 Å². The second-order valence-electron chi connectivity index (χ2n) is 3.35. The van der Waals surface area contributed by atoms with Gasteiger partial charge in [-0.05, 0) is 25.5 Å². The third kappa shape index (κ3) is 3.39. The fourth-order valence-electron chi connectivity index (χ4n) is 1.14. The highest BCUT2D eigenvalue weighted by Gasteiger charge is 1.89. The average Bonchev–Trinajstić information content (AvgIpc) is 2.47. The van der Waals surface area contributed by atoms with Gasteiger partial charge in [0.25, 0.3) is 0 Å². The van der Waals surface area contributed by atoms with Crippen LogP contribution in [-0.4, -0.2) is 15.5 Å². The molecule has 1 aromatic heterocycles. The van der Waals surface area contributed by atoms with Crippen LogP contribution in [0.2, 0.25) is 0 Å². The molecule has 0 aliphatic heterocycles. The van der Waals surface area contributed by atoms with Gasteiger partial charge in [0, 0.05) is 24.5 Å². The van der Waals surface area contributed by atoms with E-state index < -0.39 is 0 Å². The van der Waals surface area contributed by atoms with Gasteiger partial charge < -0.3 is 5.41 Å². The molecule has 0 unspecified atom stereocenters. The fraction of sp³-hybridized carbons (Fsp3) is 0.273. The number of allylic oxidation sites excluding steroid dienone is 3. The highest BCUT2D eigenvalue weighted by Crippen LogP contribution is 2.03. The molecule has 0 aliphatic carbocycles. The maximum Gasteiger partial charge on any atom is 0.0562 e. The van der Waals surface area contributed by atoms with Gasteiger partial charge in [-0.25, -0.2) is 0 Å². The Kier molecular flexibility index (Phi) is 3.40. The molecule has 0 bridgehead atoms. The van der Waals surface area contributed by atoms with Crippen molar-refractivity contribution in [1.82, 2.24) is 9.78 Å². The Morgan fingerprint density at radius 2 is 2.21 bits per heavy atom. The van der Waals surface area contributed by atoms with Crippen molar-refractivity contribution < 1.29 is 0 Å². The molecule has 0 saturated heterocycles. The van der Waals surface area contributed by atoms with Crippen LogP contribution in [0.1, 0.15) is 19.4 Å². The van der Waals surface area contributed by atoms with Crippen LogP contribution in [-0.2, 0) is 7.05 Å². The molecule has 1 N–H and O–H groups in total. The summed E-state index contributed by atoms with van der Waals surface area (Å²) in [6, 6.07) is 0. The SMILES string of the molecule is CC(=N)/C=C(C)/C=C/c1cnn(C)c1. The van der Waals surface area contributed by atoms with Crippen molar-refractivity contribution in [2.45, 2.75) is 13.8 Å². The van der Waals surface area contributed by atoms with Crippen molar-refractivity contribution in [3.63, 3.8) is 0 Å². The van der Waals surface area contributed by atoms with E-state index in [2.05, 4.69) is 5.10 Å². The van der Waals surface area contributed by atoms with Crippen molar-refractivity contribution in [1.29, 1.82) is 5.41 Å². The Bertz CT molecular complexity index is 383. The van der Waals surface area contributed by atoms with Crippen LogP contribution in [0.15, 0.2) is 30.1 Å². The summed E-state index contributed by atoms with van der Waals surface area (Å²) in [5.74, 6) is 0. The molecule has 0 aliphatic rings. The van der Waals surface area contributed by atoms with Crippen LogP contribution < -0.4 is 0 Å². The van der Waals surface area contributed by atoms with Gasteiger partial charge in [0.15, 0.2) is 0 Å². The zero-order valence-electron chi connectivity index (χ0n) is 8.78. The van der Waals surface area contributed by atoms with Crippen molar-refractivity contribution in [3.05, 3.63) is 35.7 Å². The van der Waals surface area contributed by atoms with Gasteiger partial charge in [-0.2, -0.15) is 5.10 Å². The normalized spacial score (nSPS) is 12.4. The molecule has 0 saturated carbocycles. The molecule has 0 amide bonds. The summed E-state index contributed by atoms with van der Waals surface area (Å²) < 4.78 is 1.76. The van der Waals surface area contributed by atoms with E-state index in [1.165, 1.54) is 0 Å². The zero-order chi connectivity index (χ0) is 10.6. The number of nitrogens with one attached hydrogen (secondary N) is 1. The molecule has 1 rings (SSSR count). The van der Waals surface area contributed by atoms with E-state index in [0.29, 0.717) is 5.71 Å². The van der Waals surface area contributed by atoms with Crippen molar-refractivity contribution in [3.8, 4) is 0 Å². The number of nitrogens with zero attached hydrogens (tertiary/aromatic N) is 2. The minimum atomic E-state index is 0.568. The minimum absolute atomic E-state index is 0.568. The first-order valence-electron chi connectivity index (χ1n) is 4.48. The molecule has 0 atom stereocenters. The lowest BCUT2D eigenvalue weighted by Crippen LogP contribution is -1.84. The molecule has 0 fully saturated rings. The van der Waals surface area contributed by atoms with Gasteiger partial charge in [-0.1, -0.05) is 12.2 Å². The minimum Gasteiger partial charge on any atom is -0.306 e. The molecule has 3 heteroatoms. The van der Waals surface area contributed by atoms with E-state index in [-0.39, 0.29) is 0 Å². The second kappa shape index (κ2) is 4.56. The van der Waals surface area contributed by atoms with Gasteiger partial charge >= 0.3 is 0 Å². The van der Waals surface area contributed by atoms with Crippen LogP contribution in [0.3, 0.4) is 0 Å². The van der Waals surface area contributed by atoms with Crippen LogP contribution in [0.25, 0.3) is 6.08 Å². The maximum absolute atomic E-state index is 7.29. The molecule has 1 aromatic rings. The van der Waals surface area contributed by atoms with E-state index >= 15 is 0 Å². The first kappa shape index (κ1) is 10.4. The van der Waals surface area contributed by atoms with E-state index in [0.717, 1.165) is 11.1 Å². The van der Waals surface area contributed by atoms with E-state index in [9.17, 15) is 0 Å². The maximum atomic E-state index is 7.29. The lowest BCUT2D eigenvalue weighted by atomic mass is 10.2. The third-order valence-corrected chi connectivity index (χ3v) is 1.71. The largest absolute Gasteiger partial charge is 0.306 e. The molecule has 1 heterocycles. The number of aryl methyl sites for hydroxylation is 1. The molecule has 14 heavy (non-hydrogen) atoms. The predicted molar refractivity (Wildman–Crippen MR) is 59.4 cm³/mol. The van der Waals surface area contributed by atoms with Gasteiger partial charge in [-0.3, -0.25) is 4.68 Å². The van der Waals surface area contributed by atoms with Gasteiger partial charge in [-0.15, -0.1) is 0 Å². The molecular formula is C11H15N3. The summed E-state index contributed by atoms with van der Waals surface area (Å²) in [6.45, 7) is 3.74. The summed E-state index contributed by atoms with van der Waals surface area (Å²) in [6.07, 6.45) is 9.55. The number of hydrogen-bond acceptors (Lipinski definition) is 2. The molecule has 74 valence electrons. The Balaban J connectivity index is 2.69. The van der Waals surface area contributed by atoms with Crippen LogP contribution in [0.4, 0.5) is 0 Å². The molecule has 0 aromatic carbocycles. The van der Waals surface area contributed by atoms with Gasteiger partial charge in [0.2, 0.25) is 0 Å². The lowest BCUT2D eigenvalue weighted by Gasteiger charge is -1.90. The zero-order valence-corrected chi connectivity index (χ0v) is 8.78. The highest BCUT2D eigenvalue weighted by molar-refractivity contribution is 5.91. The van der Waals surface area contributed by atoms with Crippen molar-refractivity contribution in [2.75, 3.05) is 0 Å². The Morgan fingerprint density at radius 3 is 2.71 bits per heavy atom. The predicted octanol–water partition coefficient (Wildman–Crippen LogP) is 2.42. The third-order valence-electron chi connectivity index (χ3n) is 1.71. The Morgan fingerprint density at radius 1 is 1.50 bits per heavy atom. The molecule has 3 nitrogen and oxygen atoms in total. The smallest absolute Gasteiger partial charge is 0.0562 e. The van der Waals surface area contributed by atoms with Crippen LogP contribution in [0.5, 0.6) is 0 Å². The monoisotopic (exact) mass is 189 g/mol. The molecule has 0 spiro atoms. The van der Waals surface area contributed by atoms with Gasteiger partial charge in [0.1, 0.15) is 0 Å². The standard InChI is InChI=1S/C11H15N3/c1-9(6-10(2)12)4-5-11-7-13-14(3)8-11/h4-8,12H,1-3H3/b5-4+,9-6+,12-10?. The molecule has 0 radical (unpaired) electrons. The summed E-state index contributed by atoms with van der Waals surface area (Å²) in [5.41, 5.74) is 2.71. The fourth-order valence-corrected chi connectivity index (χ4v) is 1.14. The van der Waals surface area contributed by atoms with Crippen LogP contribution >= 0.6 is 0 Å².